The molecule has 1 amide bonds. The predicted molar refractivity (Wildman–Crippen MR) is 86.8 cm³/mol. The molecule has 0 bridgehead atoms. The molecule has 0 aromatic rings. The summed E-state index contributed by atoms with van der Waals surface area (Å²) in [6.45, 7) is 3.91. The van der Waals surface area contributed by atoms with Crippen LogP contribution in [0.4, 0.5) is 0 Å². The van der Waals surface area contributed by atoms with Gasteiger partial charge in [-0.25, -0.2) is 4.79 Å². The number of allylic oxidation sites excluding steroid dienone is 6. The Balaban J connectivity index is 2.50. The van der Waals surface area contributed by atoms with Gasteiger partial charge in [-0.3, -0.25) is 4.79 Å². The molecule has 0 aromatic heterocycles. The van der Waals surface area contributed by atoms with Gasteiger partial charge in [0, 0.05) is 0 Å². The number of thioether (sulfide) groups is 1. The molecule has 2 atom stereocenters. The van der Waals surface area contributed by atoms with Gasteiger partial charge < -0.3 is 10.1 Å². The minimum atomic E-state index is -0.573. The summed E-state index contributed by atoms with van der Waals surface area (Å²) in [5, 5.41) is 2.78. The van der Waals surface area contributed by atoms with Crippen LogP contribution in [0.3, 0.4) is 0 Å². The van der Waals surface area contributed by atoms with Crippen molar-refractivity contribution >= 4 is 23.6 Å². The molecule has 0 fully saturated rings. The smallest absolute Gasteiger partial charge is 0.328 e. The molecule has 0 radical (unpaired) electrons. The highest BCUT2D eigenvalue weighted by Crippen LogP contribution is 2.21. The number of rotatable bonds is 7. The fourth-order valence-corrected chi connectivity index (χ4v) is 2.62. The monoisotopic (exact) mass is 309 g/mol. The molecule has 1 rings (SSSR count). The van der Waals surface area contributed by atoms with Crippen LogP contribution in [0.15, 0.2) is 35.3 Å². The zero-order chi connectivity index (χ0) is 15.7. The van der Waals surface area contributed by atoms with E-state index in [1.807, 2.05) is 38.2 Å². The molecule has 0 saturated carbocycles. The van der Waals surface area contributed by atoms with Crippen molar-refractivity contribution in [2.45, 2.75) is 32.7 Å². The number of carbonyl (C=O) groups excluding carboxylic acids is 2. The van der Waals surface area contributed by atoms with E-state index in [9.17, 15) is 9.59 Å². The lowest BCUT2D eigenvalue weighted by molar-refractivity contribution is -0.146. The van der Waals surface area contributed by atoms with Gasteiger partial charge in [0.25, 0.3) is 0 Å². The average Bonchev–Trinajstić information content (AvgIpc) is 2.77. The van der Waals surface area contributed by atoms with Gasteiger partial charge in [-0.2, -0.15) is 0 Å². The first kappa shape index (κ1) is 17.6. The van der Waals surface area contributed by atoms with Gasteiger partial charge in [0.15, 0.2) is 0 Å². The molecule has 116 valence electrons. The molecule has 1 unspecified atom stereocenters. The molecular weight excluding hydrogens is 286 g/mol. The molecule has 5 heteroatoms. The Bertz CT molecular complexity index is 454. The van der Waals surface area contributed by atoms with Crippen molar-refractivity contribution in [2.24, 2.45) is 5.92 Å². The lowest BCUT2D eigenvalue weighted by atomic mass is 9.99. The van der Waals surface area contributed by atoms with Gasteiger partial charge in [-0.15, -0.1) is 11.8 Å². The van der Waals surface area contributed by atoms with Crippen molar-refractivity contribution in [3.8, 4) is 0 Å². The van der Waals surface area contributed by atoms with Crippen LogP contribution in [0, 0.1) is 5.92 Å². The predicted octanol–water partition coefficient (Wildman–Crippen LogP) is 2.82. The Labute approximate surface area is 130 Å². The summed E-state index contributed by atoms with van der Waals surface area (Å²) in [5.74, 6) is -0.178. The van der Waals surface area contributed by atoms with Crippen molar-refractivity contribution in [3.63, 3.8) is 0 Å². The zero-order valence-electron chi connectivity index (χ0n) is 12.8. The fourth-order valence-electron chi connectivity index (χ4n) is 1.83. The van der Waals surface area contributed by atoms with Crippen molar-refractivity contribution < 1.29 is 14.3 Å². The maximum atomic E-state index is 12.0. The topological polar surface area (TPSA) is 55.4 Å². The molecule has 1 aliphatic carbocycles. The number of carbonyl (C=O) groups is 2. The molecule has 0 aliphatic heterocycles. The van der Waals surface area contributed by atoms with Crippen LogP contribution in [0.5, 0.6) is 0 Å². The van der Waals surface area contributed by atoms with Crippen LogP contribution in [-0.4, -0.2) is 30.8 Å². The summed E-state index contributed by atoms with van der Waals surface area (Å²) in [7, 11) is 1.34. The van der Waals surface area contributed by atoms with Crippen molar-refractivity contribution in [3.05, 3.63) is 35.3 Å². The summed E-state index contributed by atoms with van der Waals surface area (Å²) in [6.07, 6.45) is 11.6. The quantitative estimate of drug-likeness (QED) is 0.735. The van der Waals surface area contributed by atoms with Gasteiger partial charge >= 0.3 is 5.97 Å². The summed E-state index contributed by atoms with van der Waals surface area (Å²) in [6, 6.07) is -0.573. The number of ether oxygens (including phenoxy) is 1. The largest absolute Gasteiger partial charge is 0.467 e. The molecular formula is C16H23NO3S. The molecule has 0 spiro atoms. The first-order valence-corrected chi connectivity index (χ1v) is 8.09. The first-order chi connectivity index (χ1) is 10.1. The van der Waals surface area contributed by atoms with E-state index in [1.54, 1.807) is 0 Å². The van der Waals surface area contributed by atoms with Crippen LogP contribution in [0.25, 0.3) is 0 Å². The van der Waals surface area contributed by atoms with Crippen molar-refractivity contribution in [2.75, 3.05) is 12.9 Å². The third kappa shape index (κ3) is 6.21. The van der Waals surface area contributed by atoms with Gasteiger partial charge in [-0.1, -0.05) is 50.6 Å². The van der Waals surface area contributed by atoms with Crippen LogP contribution in [0.2, 0.25) is 0 Å². The van der Waals surface area contributed by atoms with Crippen LogP contribution < -0.4 is 5.32 Å². The second-order valence-electron chi connectivity index (χ2n) is 4.89. The van der Waals surface area contributed by atoms with E-state index in [1.165, 1.54) is 18.9 Å². The lowest BCUT2D eigenvalue weighted by Crippen LogP contribution is -2.46. The zero-order valence-corrected chi connectivity index (χ0v) is 13.6. The van der Waals surface area contributed by atoms with Gasteiger partial charge in [0.1, 0.15) is 6.04 Å². The number of methoxy groups -OCH3 is 1. The van der Waals surface area contributed by atoms with E-state index in [0.29, 0.717) is 5.75 Å². The molecule has 0 aromatic carbocycles. The van der Waals surface area contributed by atoms with Crippen molar-refractivity contribution in [1.29, 1.82) is 0 Å². The molecule has 0 saturated heterocycles. The van der Waals surface area contributed by atoms with Crippen molar-refractivity contribution in [1.82, 2.24) is 5.32 Å². The minimum absolute atomic E-state index is 0.0503. The highest BCUT2D eigenvalue weighted by atomic mass is 32.2. The second-order valence-corrected chi connectivity index (χ2v) is 5.99. The molecule has 4 nitrogen and oxygen atoms in total. The normalized spacial score (nSPS) is 16.6. The van der Waals surface area contributed by atoms with Crippen LogP contribution in [0.1, 0.15) is 26.7 Å². The standard InChI is InChI=1S/C16H23NO3S/c1-4-12(2)15(16(19)20-3)17-14(18)11-21-13-9-7-5-6-8-10-13/h5-9,12,15H,4,10-11H2,1-3H3,(H,17,18)/t12-,15?/m0/s1. The number of esters is 1. The van der Waals surface area contributed by atoms with Crippen LogP contribution in [-0.2, 0) is 14.3 Å². The van der Waals surface area contributed by atoms with E-state index in [0.717, 1.165) is 17.7 Å². The van der Waals surface area contributed by atoms with E-state index in [2.05, 4.69) is 11.4 Å². The highest BCUT2D eigenvalue weighted by molar-refractivity contribution is 8.03. The van der Waals surface area contributed by atoms with E-state index >= 15 is 0 Å². The summed E-state index contributed by atoms with van der Waals surface area (Å²) in [4.78, 5) is 24.9. The van der Waals surface area contributed by atoms with E-state index < -0.39 is 6.04 Å². The molecule has 0 heterocycles. The van der Waals surface area contributed by atoms with E-state index in [4.69, 9.17) is 4.74 Å². The SMILES string of the molecule is CC[C@H](C)C(NC(=O)CSC1=CC=CC=CC1)C(=O)OC. The fraction of sp³-hybridized carbons (Fsp3) is 0.500. The maximum Gasteiger partial charge on any atom is 0.328 e. The Kier molecular flexibility index (Phi) is 7.90. The van der Waals surface area contributed by atoms with Crippen LogP contribution >= 0.6 is 11.8 Å². The lowest BCUT2D eigenvalue weighted by Gasteiger charge is -2.21. The molecule has 1 aliphatic rings. The average molecular weight is 309 g/mol. The third-order valence-corrected chi connectivity index (χ3v) is 4.41. The Morgan fingerprint density at radius 1 is 1.38 bits per heavy atom. The minimum Gasteiger partial charge on any atom is -0.467 e. The number of amides is 1. The summed E-state index contributed by atoms with van der Waals surface area (Å²) in [5.41, 5.74) is 0. The number of hydrogen-bond donors (Lipinski definition) is 1. The summed E-state index contributed by atoms with van der Waals surface area (Å²) >= 11 is 1.49. The molecule has 1 N–H and O–H groups in total. The summed E-state index contributed by atoms with van der Waals surface area (Å²) < 4.78 is 4.76. The highest BCUT2D eigenvalue weighted by Gasteiger charge is 2.26. The number of hydrogen-bond acceptors (Lipinski definition) is 4. The third-order valence-electron chi connectivity index (χ3n) is 3.33. The second kappa shape index (κ2) is 9.45. The first-order valence-electron chi connectivity index (χ1n) is 7.10. The molecule has 21 heavy (non-hydrogen) atoms. The van der Waals surface area contributed by atoms with Gasteiger partial charge in [0.05, 0.1) is 12.9 Å². The Hall–Kier alpha value is -1.49. The Morgan fingerprint density at radius 3 is 2.81 bits per heavy atom. The maximum absolute atomic E-state index is 12.0. The van der Waals surface area contributed by atoms with Gasteiger partial charge in [0.2, 0.25) is 5.91 Å². The number of nitrogens with one attached hydrogen (secondary N) is 1. The van der Waals surface area contributed by atoms with E-state index in [-0.39, 0.29) is 17.8 Å². The van der Waals surface area contributed by atoms with Gasteiger partial charge in [-0.05, 0) is 17.2 Å². The Morgan fingerprint density at radius 2 is 2.14 bits per heavy atom.